The molecule has 1 saturated heterocycles. The van der Waals surface area contributed by atoms with Gasteiger partial charge in [-0.1, -0.05) is 31.2 Å². The molecule has 1 aromatic heterocycles. The number of piperazine rings is 1. The molecule has 1 aliphatic rings. The van der Waals surface area contributed by atoms with E-state index in [-0.39, 0.29) is 6.61 Å². The number of β-amino-alcohol motifs (C(OH)–C–C–N with tert-alkyl or cyclic N) is 1. The average molecular weight is 331 g/mol. The summed E-state index contributed by atoms with van der Waals surface area (Å²) in [6.07, 6.45) is 1.08. The molecule has 0 spiro atoms. The number of rotatable bonds is 6. The molecule has 0 saturated carbocycles. The molecule has 5 heteroatoms. The first-order valence-electron chi connectivity index (χ1n) is 8.37. The summed E-state index contributed by atoms with van der Waals surface area (Å²) in [5.41, 5.74) is 3.75. The van der Waals surface area contributed by atoms with Gasteiger partial charge >= 0.3 is 0 Å². The molecular formula is C18H25N3OS. The quantitative estimate of drug-likeness (QED) is 0.883. The Bertz CT molecular complexity index is 603. The maximum Gasteiger partial charge on any atom is 0.123 e. The number of nitrogens with zero attached hydrogens (tertiary/aromatic N) is 3. The molecule has 2 aromatic rings. The highest BCUT2D eigenvalue weighted by Gasteiger charge is 2.17. The molecule has 0 aliphatic carbocycles. The van der Waals surface area contributed by atoms with Crippen LogP contribution in [0.15, 0.2) is 29.6 Å². The van der Waals surface area contributed by atoms with Gasteiger partial charge < -0.3 is 5.11 Å². The third-order valence-corrected chi connectivity index (χ3v) is 5.37. The Labute approximate surface area is 142 Å². The number of aryl methyl sites for hydroxylation is 1. The largest absolute Gasteiger partial charge is 0.395 e. The minimum atomic E-state index is 0.256. The van der Waals surface area contributed by atoms with Crippen molar-refractivity contribution in [2.45, 2.75) is 19.9 Å². The van der Waals surface area contributed by atoms with Gasteiger partial charge in [0, 0.05) is 50.2 Å². The van der Waals surface area contributed by atoms with Crippen LogP contribution in [0.1, 0.15) is 18.2 Å². The summed E-state index contributed by atoms with van der Waals surface area (Å²) < 4.78 is 0. The van der Waals surface area contributed by atoms with Crippen LogP contribution in [0, 0.1) is 0 Å². The van der Waals surface area contributed by atoms with Crippen molar-refractivity contribution in [1.82, 2.24) is 14.8 Å². The predicted octanol–water partition coefficient (Wildman–Crippen LogP) is 2.48. The number of hydrogen-bond acceptors (Lipinski definition) is 5. The first-order valence-corrected chi connectivity index (χ1v) is 9.25. The molecule has 1 fully saturated rings. The first kappa shape index (κ1) is 16.6. The second-order valence-electron chi connectivity index (χ2n) is 6.04. The van der Waals surface area contributed by atoms with E-state index < -0.39 is 0 Å². The second-order valence-corrected chi connectivity index (χ2v) is 6.89. The van der Waals surface area contributed by atoms with Crippen molar-refractivity contribution in [2.24, 2.45) is 0 Å². The van der Waals surface area contributed by atoms with Crippen LogP contribution in [0.25, 0.3) is 10.6 Å². The van der Waals surface area contributed by atoms with Gasteiger partial charge in [-0.3, -0.25) is 9.80 Å². The molecule has 2 heterocycles. The number of aliphatic hydroxyl groups is 1. The van der Waals surface area contributed by atoms with E-state index in [1.54, 1.807) is 11.3 Å². The summed E-state index contributed by atoms with van der Waals surface area (Å²) in [6, 6.07) is 8.73. The maximum atomic E-state index is 9.00. The Morgan fingerprint density at radius 2 is 1.78 bits per heavy atom. The molecule has 0 atom stereocenters. The molecule has 23 heavy (non-hydrogen) atoms. The van der Waals surface area contributed by atoms with Gasteiger partial charge in [-0.2, -0.15) is 0 Å². The molecule has 0 bridgehead atoms. The van der Waals surface area contributed by atoms with Gasteiger partial charge in [-0.05, 0) is 12.0 Å². The monoisotopic (exact) mass is 331 g/mol. The van der Waals surface area contributed by atoms with Crippen molar-refractivity contribution in [3.63, 3.8) is 0 Å². The number of benzene rings is 1. The van der Waals surface area contributed by atoms with Crippen LogP contribution < -0.4 is 0 Å². The molecule has 3 rings (SSSR count). The highest BCUT2D eigenvalue weighted by Crippen LogP contribution is 2.25. The van der Waals surface area contributed by atoms with E-state index in [4.69, 9.17) is 10.1 Å². The van der Waals surface area contributed by atoms with Gasteiger partial charge in [0.25, 0.3) is 0 Å². The molecular weight excluding hydrogens is 306 g/mol. The lowest BCUT2D eigenvalue weighted by atomic mass is 10.1. The van der Waals surface area contributed by atoms with Gasteiger partial charge in [0.05, 0.1) is 12.3 Å². The third kappa shape index (κ3) is 4.38. The van der Waals surface area contributed by atoms with Crippen LogP contribution in [0.2, 0.25) is 0 Å². The van der Waals surface area contributed by atoms with E-state index in [1.807, 2.05) is 0 Å². The summed E-state index contributed by atoms with van der Waals surface area (Å²) in [5.74, 6) is 0. The Balaban J connectivity index is 1.57. The molecule has 124 valence electrons. The van der Waals surface area contributed by atoms with Gasteiger partial charge in [0.15, 0.2) is 0 Å². The fraction of sp³-hybridized carbons (Fsp3) is 0.500. The van der Waals surface area contributed by atoms with Crippen molar-refractivity contribution < 1.29 is 5.11 Å². The molecule has 0 radical (unpaired) electrons. The van der Waals surface area contributed by atoms with E-state index in [0.29, 0.717) is 0 Å². The minimum Gasteiger partial charge on any atom is -0.395 e. The lowest BCUT2D eigenvalue weighted by Crippen LogP contribution is -2.46. The SMILES string of the molecule is CCc1ccc(-c2nc(CN3CCN(CCO)CC3)cs2)cc1. The molecule has 1 N–H and O–H groups in total. The second kappa shape index (κ2) is 8.02. The summed E-state index contributed by atoms with van der Waals surface area (Å²) in [5, 5.41) is 12.3. The lowest BCUT2D eigenvalue weighted by Gasteiger charge is -2.33. The Kier molecular flexibility index (Phi) is 5.78. The topological polar surface area (TPSA) is 39.6 Å². The van der Waals surface area contributed by atoms with Crippen molar-refractivity contribution in [2.75, 3.05) is 39.3 Å². The number of hydrogen-bond donors (Lipinski definition) is 1. The van der Waals surface area contributed by atoms with Gasteiger partial charge in [0.2, 0.25) is 0 Å². The zero-order valence-corrected chi connectivity index (χ0v) is 14.6. The lowest BCUT2D eigenvalue weighted by molar-refractivity contribution is 0.108. The number of thiazole rings is 1. The van der Waals surface area contributed by atoms with Crippen LogP contribution in [0.5, 0.6) is 0 Å². The van der Waals surface area contributed by atoms with E-state index >= 15 is 0 Å². The standard InChI is InChI=1S/C18H25N3OS/c1-2-15-3-5-16(6-4-15)18-19-17(14-23-18)13-21-9-7-20(8-10-21)11-12-22/h3-6,14,22H,2,7-13H2,1H3. The van der Waals surface area contributed by atoms with Crippen LogP contribution >= 0.6 is 11.3 Å². The van der Waals surface area contributed by atoms with E-state index in [9.17, 15) is 0 Å². The average Bonchev–Trinajstić information content (AvgIpc) is 3.05. The summed E-state index contributed by atoms with van der Waals surface area (Å²) in [6.45, 7) is 8.34. The number of aliphatic hydroxyl groups excluding tert-OH is 1. The van der Waals surface area contributed by atoms with Crippen molar-refractivity contribution >= 4 is 11.3 Å². The van der Waals surface area contributed by atoms with Crippen LogP contribution in [-0.4, -0.2) is 59.2 Å². The molecule has 0 unspecified atom stereocenters. The molecule has 1 aromatic carbocycles. The van der Waals surface area contributed by atoms with Crippen molar-refractivity contribution in [3.8, 4) is 10.6 Å². The minimum absolute atomic E-state index is 0.256. The van der Waals surface area contributed by atoms with E-state index in [0.717, 1.165) is 50.7 Å². The maximum absolute atomic E-state index is 9.00. The summed E-state index contributed by atoms with van der Waals surface area (Å²) >= 11 is 1.73. The highest BCUT2D eigenvalue weighted by atomic mass is 32.1. The molecule has 4 nitrogen and oxygen atoms in total. The van der Waals surface area contributed by atoms with Gasteiger partial charge in [0.1, 0.15) is 5.01 Å². The Morgan fingerprint density at radius 3 is 2.43 bits per heavy atom. The normalized spacial score (nSPS) is 16.8. The third-order valence-electron chi connectivity index (χ3n) is 4.43. The van der Waals surface area contributed by atoms with Crippen LogP contribution in [-0.2, 0) is 13.0 Å². The first-order chi connectivity index (χ1) is 11.3. The molecule has 0 amide bonds. The van der Waals surface area contributed by atoms with Crippen molar-refractivity contribution in [3.05, 3.63) is 40.9 Å². The zero-order valence-electron chi connectivity index (χ0n) is 13.7. The Hall–Kier alpha value is -1.27. The summed E-state index contributed by atoms with van der Waals surface area (Å²) in [7, 11) is 0. The van der Waals surface area contributed by atoms with Crippen molar-refractivity contribution in [1.29, 1.82) is 0 Å². The van der Waals surface area contributed by atoms with E-state index in [2.05, 4.69) is 46.4 Å². The van der Waals surface area contributed by atoms with Gasteiger partial charge in [-0.25, -0.2) is 4.98 Å². The smallest absolute Gasteiger partial charge is 0.123 e. The fourth-order valence-electron chi connectivity index (χ4n) is 2.94. The van der Waals surface area contributed by atoms with Crippen LogP contribution in [0.4, 0.5) is 0 Å². The van der Waals surface area contributed by atoms with Crippen LogP contribution in [0.3, 0.4) is 0 Å². The zero-order chi connectivity index (χ0) is 16.1. The number of aromatic nitrogens is 1. The van der Waals surface area contributed by atoms with Gasteiger partial charge in [-0.15, -0.1) is 11.3 Å². The summed E-state index contributed by atoms with van der Waals surface area (Å²) in [4.78, 5) is 9.58. The Morgan fingerprint density at radius 1 is 1.09 bits per heavy atom. The molecule has 1 aliphatic heterocycles. The fourth-order valence-corrected chi connectivity index (χ4v) is 3.75. The predicted molar refractivity (Wildman–Crippen MR) is 95.7 cm³/mol. The van der Waals surface area contributed by atoms with E-state index in [1.165, 1.54) is 16.8 Å². The highest BCUT2D eigenvalue weighted by molar-refractivity contribution is 7.13.